The molecule has 1 unspecified atom stereocenters. The summed E-state index contributed by atoms with van der Waals surface area (Å²) in [5.41, 5.74) is -0.281. The standard InChI is InChI=1S/C19H19FN2O7/c1-10-2-4-11(5-3-10)18(26)28-9-13-16(20)12(8-15(24)25)17(29-13)22-7-6-14(23)21-19(22)27/h2-7,12-13,16-17H,8-9H2,1H3,(H,24,25)(H,21,23,27)/t12?,13-,16-,17-/m1/s1. The van der Waals surface area contributed by atoms with Crippen LogP contribution in [0.15, 0.2) is 46.1 Å². The van der Waals surface area contributed by atoms with Gasteiger partial charge in [0.05, 0.1) is 12.0 Å². The molecule has 0 aliphatic carbocycles. The van der Waals surface area contributed by atoms with Gasteiger partial charge in [-0.3, -0.25) is 19.1 Å². The van der Waals surface area contributed by atoms with E-state index in [9.17, 15) is 23.6 Å². The number of rotatable bonds is 6. The molecular weight excluding hydrogens is 387 g/mol. The number of carboxylic acids is 1. The Bertz CT molecular complexity index is 1010. The number of ether oxygens (including phenoxy) is 2. The number of carbonyl (C=O) groups is 2. The Labute approximate surface area is 163 Å². The van der Waals surface area contributed by atoms with Gasteiger partial charge in [0.25, 0.3) is 5.56 Å². The lowest BCUT2D eigenvalue weighted by Crippen LogP contribution is -2.35. The number of aromatic amines is 1. The molecular formula is C19H19FN2O7. The molecule has 154 valence electrons. The van der Waals surface area contributed by atoms with E-state index in [-0.39, 0.29) is 5.56 Å². The minimum atomic E-state index is -1.80. The van der Waals surface area contributed by atoms with Gasteiger partial charge in [0.15, 0.2) is 0 Å². The number of nitrogens with zero attached hydrogens (tertiary/aromatic N) is 1. The van der Waals surface area contributed by atoms with E-state index in [1.807, 2.05) is 11.9 Å². The largest absolute Gasteiger partial charge is 0.481 e. The molecule has 1 fully saturated rings. The van der Waals surface area contributed by atoms with Crippen molar-refractivity contribution in [2.75, 3.05) is 6.61 Å². The third-order valence-corrected chi connectivity index (χ3v) is 4.65. The quantitative estimate of drug-likeness (QED) is 0.686. The summed E-state index contributed by atoms with van der Waals surface area (Å²) in [5.74, 6) is -3.17. The molecule has 1 aromatic heterocycles. The summed E-state index contributed by atoms with van der Waals surface area (Å²) in [4.78, 5) is 48.6. The summed E-state index contributed by atoms with van der Waals surface area (Å²) >= 11 is 0. The van der Waals surface area contributed by atoms with Crippen molar-refractivity contribution < 1.29 is 28.6 Å². The Morgan fingerprint density at radius 1 is 1.24 bits per heavy atom. The molecule has 29 heavy (non-hydrogen) atoms. The van der Waals surface area contributed by atoms with Crippen LogP contribution in [0.3, 0.4) is 0 Å². The summed E-state index contributed by atoms with van der Waals surface area (Å²) in [6.45, 7) is 1.40. The van der Waals surface area contributed by atoms with Crippen LogP contribution in [0.5, 0.6) is 0 Å². The predicted octanol–water partition coefficient (Wildman–Crippen LogP) is 1.03. The highest BCUT2D eigenvalue weighted by Gasteiger charge is 2.47. The molecule has 0 spiro atoms. The van der Waals surface area contributed by atoms with Crippen molar-refractivity contribution >= 4 is 11.9 Å². The molecule has 0 radical (unpaired) electrons. The lowest BCUT2D eigenvalue weighted by atomic mass is 9.97. The van der Waals surface area contributed by atoms with Gasteiger partial charge in [0.1, 0.15) is 25.1 Å². The van der Waals surface area contributed by atoms with Crippen LogP contribution >= 0.6 is 0 Å². The highest BCUT2D eigenvalue weighted by Crippen LogP contribution is 2.38. The molecule has 2 N–H and O–H groups in total. The van der Waals surface area contributed by atoms with Crippen LogP contribution in [-0.4, -0.2) is 45.5 Å². The minimum Gasteiger partial charge on any atom is -0.481 e. The van der Waals surface area contributed by atoms with E-state index in [0.29, 0.717) is 0 Å². The molecule has 0 amide bonds. The molecule has 10 heteroatoms. The Balaban J connectivity index is 1.76. The van der Waals surface area contributed by atoms with E-state index in [0.717, 1.165) is 22.4 Å². The van der Waals surface area contributed by atoms with Crippen LogP contribution in [0.1, 0.15) is 28.6 Å². The van der Waals surface area contributed by atoms with Crippen LogP contribution in [-0.2, 0) is 14.3 Å². The van der Waals surface area contributed by atoms with Gasteiger partial charge in [-0.2, -0.15) is 0 Å². The van der Waals surface area contributed by atoms with E-state index in [4.69, 9.17) is 14.6 Å². The number of carboxylic acid groups (broad SMARTS) is 1. The highest BCUT2D eigenvalue weighted by molar-refractivity contribution is 5.89. The normalized spacial score (nSPS) is 23.7. The number of H-pyrrole nitrogens is 1. The third kappa shape index (κ3) is 4.60. The number of nitrogens with one attached hydrogen (secondary N) is 1. The van der Waals surface area contributed by atoms with E-state index < -0.39 is 60.6 Å². The number of benzene rings is 1. The second kappa shape index (κ2) is 8.39. The minimum absolute atomic E-state index is 0.277. The molecule has 1 aliphatic heterocycles. The predicted molar refractivity (Wildman–Crippen MR) is 97.3 cm³/mol. The monoisotopic (exact) mass is 406 g/mol. The number of carbonyl (C=O) groups excluding carboxylic acids is 1. The van der Waals surface area contributed by atoms with Crippen molar-refractivity contribution in [3.63, 3.8) is 0 Å². The second-order valence-electron chi connectivity index (χ2n) is 6.75. The fourth-order valence-corrected chi connectivity index (χ4v) is 3.16. The Kier molecular flexibility index (Phi) is 5.92. The molecule has 2 aromatic rings. The van der Waals surface area contributed by atoms with Gasteiger partial charge in [-0.05, 0) is 19.1 Å². The molecule has 1 aliphatic rings. The highest BCUT2D eigenvalue weighted by atomic mass is 19.1. The average Bonchev–Trinajstić information content (AvgIpc) is 2.96. The molecule has 3 rings (SSSR count). The Morgan fingerprint density at radius 3 is 2.55 bits per heavy atom. The lowest BCUT2D eigenvalue weighted by Gasteiger charge is -2.19. The Morgan fingerprint density at radius 2 is 1.93 bits per heavy atom. The number of aliphatic carboxylic acids is 1. The number of halogens is 1. The zero-order valence-electron chi connectivity index (χ0n) is 15.4. The fraction of sp³-hybridized carbons (Fsp3) is 0.368. The van der Waals surface area contributed by atoms with E-state index in [1.54, 1.807) is 24.3 Å². The van der Waals surface area contributed by atoms with Gasteiger partial charge in [-0.25, -0.2) is 14.0 Å². The summed E-state index contributed by atoms with van der Waals surface area (Å²) in [6, 6.07) is 7.62. The maximum absolute atomic E-state index is 14.9. The first-order valence-corrected chi connectivity index (χ1v) is 8.83. The van der Waals surface area contributed by atoms with Crippen molar-refractivity contribution in [3.8, 4) is 0 Å². The average molecular weight is 406 g/mol. The zero-order chi connectivity index (χ0) is 21.1. The van der Waals surface area contributed by atoms with Crippen molar-refractivity contribution in [1.82, 2.24) is 9.55 Å². The molecule has 0 bridgehead atoms. The molecule has 2 heterocycles. The van der Waals surface area contributed by atoms with Gasteiger partial charge >= 0.3 is 17.6 Å². The smallest absolute Gasteiger partial charge is 0.338 e. The molecule has 0 saturated carbocycles. The number of alkyl halides is 1. The molecule has 1 aromatic carbocycles. The zero-order valence-corrected chi connectivity index (χ0v) is 15.4. The third-order valence-electron chi connectivity index (χ3n) is 4.65. The maximum atomic E-state index is 14.9. The van der Waals surface area contributed by atoms with Crippen molar-refractivity contribution in [2.45, 2.75) is 31.8 Å². The SMILES string of the molecule is Cc1ccc(C(=O)OC[C@H]2O[C@@H](n3ccc(=O)[nH]c3=O)C(CC(=O)O)[C@H]2F)cc1. The van der Waals surface area contributed by atoms with Gasteiger partial charge in [0.2, 0.25) is 0 Å². The van der Waals surface area contributed by atoms with Gasteiger partial charge in [0, 0.05) is 18.2 Å². The summed E-state index contributed by atoms with van der Waals surface area (Å²) < 4.78 is 26.5. The van der Waals surface area contributed by atoms with Crippen molar-refractivity contribution in [2.24, 2.45) is 5.92 Å². The molecule has 9 nitrogen and oxygen atoms in total. The fourth-order valence-electron chi connectivity index (χ4n) is 3.16. The molecule has 1 saturated heterocycles. The van der Waals surface area contributed by atoms with E-state index in [2.05, 4.69) is 0 Å². The number of esters is 1. The summed E-state index contributed by atoms with van der Waals surface area (Å²) in [5, 5.41) is 9.09. The van der Waals surface area contributed by atoms with Crippen LogP contribution in [0, 0.1) is 12.8 Å². The van der Waals surface area contributed by atoms with Crippen molar-refractivity contribution in [1.29, 1.82) is 0 Å². The molecule has 4 atom stereocenters. The second-order valence-corrected chi connectivity index (χ2v) is 6.75. The Hall–Kier alpha value is -3.27. The van der Waals surface area contributed by atoms with Crippen molar-refractivity contribution in [3.05, 3.63) is 68.5 Å². The van der Waals surface area contributed by atoms with Crippen LogP contribution in [0.25, 0.3) is 0 Å². The van der Waals surface area contributed by atoms with Gasteiger partial charge in [-0.1, -0.05) is 17.7 Å². The first kappa shape index (κ1) is 20.5. The number of hydrogen-bond acceptors (Lipinski definition) is 6. The maximum Gasteiger partial charge on any atom is 0.338 e. The van der Waals surface area contributed by atoms with E-state index >= 15 is 0 Å². The number of hydrogen-bond donors (Lipinski definition) is 2. The van der Waals surface area contributed by atoms with Gasteiger partial charge < -0.3 is 14.6 Å². The number of aromatic nitrogens is 2. The first-order valence-electron chi connectivity index (χ1n) is 8.83. The van der Waals surface area contributed by atoms with Gasteiger partial charge in [-0.15, -0.1) is 0 Å². The topological polar surface area (TPSA) is 128 Å². The van der Waals surface area contributed by atoms with E-state index in [1.165, 1.54) is 0 Å². The first-order chi connectivity index (χ1) is 13.8. The van der Waals surface area contributed by atoms with Crippen LogP contribution in [0.2, 0.25) is 0 Å². The number of aryl methyl sites for hydroxylation is 1. The van der Waals surface area contributed by atoms with Crippen LogP contribution in [0.4, 0.5) is 4.39 Å². The summed E-state index contributed by atoms with van der Waals surface area (Å²) in [7, 11) is 0. The van der Waals surface area contributed by atoms with Crippen LogP contribution < -0.4 is 11.2 Å². The lowest BCUT2D eigenvalue weighted by molar-refractivity contribution is -0.139. The summed E-state index contributed by atoms with van der Waals surface area (Å²) in [6.07, 6.45) is -3.85.